The zero-order valence-electron chi connectivity index (χ0n) is 23.4. The van der Waals surface area contributed by atoms with E-state index in [1.54, 1.807) is 0 Å². The maximum atomic E-state index is 14.4. The average molecular weight is 531 g/mol. The molecule has 3 unspecified atom stereocenters. The van der Waals surface area contributed by atoms with Crippen LogP contribution in [0.5, 0.6) is 5.75 Å². The van der Waals surface area contributed by atoms with Gasteiger partial charge in [0.1, 0.15) is 5.75 Å². The Morgan fingerprint density at radius 3 is 2.35 bits per heavy atom. The number of hydrogen-bond donors (Lipinski definition) is 0. The summed E-state index contributed by atoms with van der Waals surface area (Å²) in [5, 5.41) is 9.22. The predicted molar refractivity (Wildman–Crippen MR) is 147 cm³/mol. The zero-order chi connectivity index (χ0) is 27.5. The molecule has 0 spiro atoms. The van der Waals surface area contributed by atoms with Crippen molar-refractivity contribution in [2.45, 2.75) is 84.0 Å². The summed E-state index contributed by atoms with van der Waals surface area (Å²) in [7, 11) is 1.08. The third-order valence-electron chi connectivity index (χ3n) is 7.90. The molecule has 9 heteroatoms. The van der Waals surface area contributed by atoms with E-state index in [9.17, 15) is 19.4 Å². The van der Waals surface area contributed by atoms with E-state index in [4.69, 9.17) is 4.74 Å². The molecule has 1 aromatic carbocycles. The number of hydrogen-bond acceptors (Lipinski definition) is 6. The first-order valence-corrected chi connectivity index (χ1v) is 15.4. The molecule has 2 heterocycles. The van der Waals surface area contributed by atoms with E-state index >= 15 is 0 Å². The number of carbonyl (C=O) groups is 2. The molecule has 1 aromatic rings. The third kappa shape index (κ3) is 6.21. The van der Waals surface area contributed by atoms with Gasteiger partial charge in [0, 0.05) is 75.7 Å². The zero-order valence-corrected chi connectivity index (χ0v) is 24.3. The number of esters is 1. The van der Waals surface area contributed by atoms with Crippen molar-refractivity contribution in [1.82, 2.24) is 9.57 Å². The molecule has 0 bridgehead atoms. The fourth-order valence-electron chi connectivity index (χ4n) is 6.04. The normalized spacial score (nSPS) is 22.0. The lowest BCUT2D eigenvalue weighted by Crippen LogP contribution is -2.45. The fourth-order valence-corrected chi connectivity index (χ4v) is 10.0. The van der Waals surface area contributed by atoms with Crippen LogP contribution in [-0.4, -0.2) is 72.5 Å². The van der Waals surface area contributed by atoms with Gasteiger partial charge in [0.05, 0.1) is 12.0 Å². The molecular formula is C28H43N4O4P. The Morgan fingerprint density at radius 1 is 1.19 bits per heavy atom. The number of ether oxygens (including phenoxy) is 1. The second-order valence-electron chi connectivity index (χ2n) is 11.2. The molecule has 1 fully saturated rings. The van der Waals surface area contributed by atoms with Gasteiger partial charge in [0.15, 0.2) is 7.29 Å². The maximum absolute atomic E-state index is 14.4. The van der Waals surface area contributed by atoms with Crippen LogP contribution in [0.25, 0.3) is 0 Å². The average Bonchev–Trinajstić information content (AvgIpc) is 2.84. The van der Waals surface area contributed by atoms with Crippen molar-refractivity contribution in [2.75, 3.05) is 38.2 Å². The number of benzene rings is 1. The highest BCUT2D eigenvalue weighted by Crippen LogP contribution is 2.59. The van der Waals surface area contributed by atoms with Crippen LogP contribution in [0, 0.1) is 17.2 Å². The first-order valence-electron chi connectivity index (χ1n) is 13.5. The van der Waals surface area contributed by atoms with Crippen molar-refractivity contribution < 1.29 is 18.9 Å². The molecule has 2 aliphatic rings. The SMILES string of the molecule is CC1c2ccc(N(C)C)cc2OC(=O)C1CC(=O)N1CCC(P(=O)(CCC#N)N(C(C)C)C(C)C)CC1. The van der Waals surface area contributed by atoms with Crippen molar-refractivity contribution in [1.29, 1.82) is 5.26 Å². The van der Waals surface area contributed by atoms with Crippen LogP contribution in [0.1, 0.15) is 71.8 Å². The monoisotopic (exact) mass is 530 g/mol. The molecule has 37 heavy (non-hydrogen) atoms. The van der Waals surface area contributed by atoms with Crippen LogP contribution >= 0.6 is 7.29 Å². The molecule has 0 N–H and O–H groups in total. The van der Waals surface area contributed by atoms with Crippen LogP contribution < -0.4 is 9.64 Å². The summed E-state index contributed by atoms with van der Waals surface area (Å²) in [6, 6.07) is 8.26. The summed E-state index contributed by atoms with van der Waals surface area (Å²) in [5.41, 5.74) is 1.87. The number of likely N-dealkylation sites (tertiary alicyclic amines) is 1. The maximum Gasteiger partial charge on any atom is 0.315 e. The number of amides is 1. The Kier molecular flexibility index (Phi) is 9.47. The van der Waals surface area contributed by atoms with Crippen LogP contribution in [0.4, 0.5) is 5.69 Å². The lowest BCUT2D eigenvalue weighted by Gasteiger charge is -2.44. The summed E-state index contributed by atoms with van der Waals surface area (Å²) >= 11 is 0. The van der Waals surface area contributed by atoms with E-state index in [1.165, 1.54) is 0 Å². The van der Waals surface area contributed by atoms with Crippen molar-refractivity contribution >= 4 is 24.9 Å². The molecule has 2 aliphatic heterocycles. The van der Waals surface area contributed by atoms with E-state index in [0.29, 0.717) is 37.8 Å². The summed E-state index contributed by atoms with van der Waals surface area (Å²) in [6.45, 7) is 11.2. The van der Waals surface area contributed by atoms with E-state index in [2.05, 4.69) is 38.4 Å². The molecule has 204 valence electrons. The van der Waals surface area contributed by atoms with Gasteiger partial charge in [-0.25, -0.2) is 4.67 Å². The third-order valence-corrected chi connectivity index (χ3v) is 12.1. The highest BCUT2D eigenvalue weighted by atomic mass is 31.2. The Hall–Kier alpha value is -2.36. The lowest BCUT2D eigenvalue weighted by molar-refractivity contribution is -0.146. The highest BCUT2D eigenvalue weighted by molar-refractivity contribution is 7.62. The lowest BCUT2D eigenvalue weighted by atomic mass is 9.82. The van der Waals surface area contributed by atoms with Gasteiger partial charge in [0.2, 0.25) is 5.91 Å². The first kappa shape index (κ1) is 29.2. The van der Waals surface area contributed by atoms with Gasteiger partial charge in [-0.1, -0.05) is 13.0 Å². The molecule has 1 amide bonds. The Balaban J connectivity index is 1.68. The molecular weight excluding hydrogens is 487 g/mol. The smallest absolute Gasteiger partial charge is 0.315 e. The van der Waals surface area contributed by atoms with Gasteiger partial charge in [0.25, 0.3) is 0 Å². The van der Waals surface area contributed by atoms with Crippen molar-refractivity contribution in [2.24, 2.45) is 5.92 Å². The van der Waals surface area contributed by atoms with E-state index in [-0.39, 0.29) is 48.4 Å². The summed E-state index contributed by atoms with van der Waals surface area (Å²) < 4.78 is 22.2. The van der Waals surface area contributed by atoms with Crippen LogP contribution in [0.2, 0.25) is 0 Å². The van der Waals surface area contributed by atoms with Gasteiger partial charge in [-0.05, 0) is 58.1 Å². The minimum Gasteiger partial charge on any atom is -0.426 e. The Labute approximate surface area is 222 Å². The van der Waals surface area contributed by atoms with Gasteiger partial charge < -0.3 is 19.1 Å². The minimum atomic E-state index is -2.80. The molecule has 8 nitrogen and oxygen atoms in total. The summed E-state index contributed by atoms with van der Waals surface area (Å²) in [4.78, 5) is 29.9. The number of fused-ring (bicyclic) bond motifs is 1. The summed E-state index contributed by atoms with van der Waals surface area (Å²) in [6.07, 6.45) is 2.05. The topological polar surface area (TPSA) is 94.0 Å². The standard InChI is InChI=1S/C28H43N4O4P/c1-19(2)32(20(3)4)37(35,16-8-13-29)23-11-14-31(15-12-23)27(33)18-25-21(5)24-10-9-22(30(6)7)17-26(24)36-28(25)34/h9-10,17,19-21,23,25H,8,11-12,14-16,18H2,1-7H3. The quantitative estimate of drug-likeness (QED) is 0.250. The molecule has 0 saturated carbocycles. The van der Waals surface area contributed by atoms with Crippen LogP contribution in [0.15, 0.2) is 18.2 Å². The second kappa shape index (κ2) is 12.0. The Morgan fingerprint density at radius 2 is 1.81 bits per heavy atom. The van der Waals surface area contributed by atoms with Crippen molar-refractivity contribution in [3.63, 3.8) is 0 Å². The highest BCUT2D eigenvalue weighted by Gasteiger charge is 2.43. The number of rotatable bonds is 9. The minimum absolute atomic E-state index is 0.0361. The van der Waals surface area contributed by atoms with Crippen LogP contribution in [-0.2, 0) is 14.2 Å². The summed E-state index contributed by atoms with van der Waals surface area (Å²) in [5.74, 6) is -0.490. The number of anilines is 1. The number of piperidine rings is 1. The van der Waals surface area contributed by atoms with E-state index in [0.717, 1.165) is 11.3 Å². The van der Waals surface area contributed by atoms with Crippen molar-refractivity contribution in [3.05, 3.63) is 23.8 Å². The van der Waals surface area contributed by atoms with Gasteiger partial charge >= 0.3 is 5.97 Å². The fraction of sp³-hybridized carbons (Fsp3) is 0.679. The van der Waals surface area contributed by atoms with Gasteiger partial charge in [-0.15, -0.1) is 0 Å². The molecule has 0 radical (unpaired) electrons. The second-order valence-corrected chi connectivity index (χ2v) is 14.4. The van der Waals surface area contributed by atoms with E-state index in [1.807, 2.05) is 49.0 Å². The largest absolute Gasteiger partial charge is 0.426 e. The molecule has 3 rings (SSSR count). The van der Waals surface area contributed by atoms with Crippen LogP contribution in [0.3, 0.4) is 0 Å². The number of nitrogens with zero attached hydrogens (tertiary/aromatic N) is 4. The molecule has 1 saturated heterocycles. The van der Waals surface area contributed by atoms with Gasteiger partial charge in [-0.2, -0.15) is 5.26 Å². The van der Waals surface area contributed by atoms with E-state index < -0.39 is 13.2 Å². The first-order chi connectivity index (χ1) is 17.4. The molecule has 0 aliphatic carbocycles. The van der Waals surface area contributed by atoms with Crippen molar-refractivity contribution in [3.8, 4) is 11.8 Å². The number of carbonyl (C=O) groups excluding carboxylic acids is 2. The Bertz CT molecular complexity index is 1060. The molecule has 3 atom stereocenters. The van der Waals surface area contributed by atoms with Gasteiger partial charge in [-0.3, -0.25) is 9.59 Å². The predicted octanol–water partition coefficient (Wildman–Crippen LogP) is 5.08. The molecule has 0 aromatic heterocycles. The number of nitriles is 1.